The van der Waals surface area contributed by atoms with Gasteiger partial charge in [-0.1, -0.05) is 26.0 Å². The first-order valence-corrected chi connectivity index (χ1v) is 11.9. The van der Waals surface area contributed by atoms with Gasteiger partial charge < -0.3 is 19.8 Å². The molecule has 0 spiro atoms. The van der Waals surface area contributed by atoms with Gasteiger partial charge in [0.15, 0.2) is 16.4 Å². The van der Waals surface area contributed by atoms with E-state index >= 15 is 0 Å². The number of phenols is 1. The zero-order valence-corrected chi connectivity index (χ0v) is 17.6. The molecule has 0 aliphatic carbocycles. The Morgan fingerprint density at radius 1 is 1.29 bits per heavy atom. The van der Waals surface area contributed by atoms with Gasteiger partial charge in [0, 0.05) is 12.6 Å². The molecular formula is C20H32N3O4S+. The van der Waals surface area contributed by atoms with Gasteiger partial charge in [0.05, 0.1) is 43.4 Å². The maximum atomic E-state index is 13.0. The van der Waals surface area contributed by atoms with Crippen molar-refractivity contribution in [1.29, 1.82) is 0 Å². The molecule has 2 saturated heterocycles. The minimum absolute atomic E-state index is 0.0572. The number of hydrogen-bond acceptors (Lipinski definition) is 5. The van der Waals surface area contributed by atoms with Crippen molar-refractivity contribution in [2.24, 2.45) is 5.92 Å². The average Bonchev–Trinajstić information content (AvgIpc) is 3.00. The first kappa shape index (κ1) is 20.9. The number of piperazine rings is 1. The molecular weight excluding hydrogens is 378 g/mol. The summed E-state index contributed by atoms with van der Waals surface area (Å²) in [5.41, 5.74) is 0.838. The first-order valence-electron chi connectivity index (χ1n) is 10.1. The van der Waals surface area contributed by atoms with E-state index in [9.17, 15) is 18.3 Å². The number of aromatic hydroxyl groups is 1. The number of para-hydroxylation sites is 2. The Kier molecular flexibility index (Phi) is 6.50. The molecule has 7 nitrogen and oxygen atoms in total. The Balaban J connectivity index is 1.58. The number of carbonyl (C=O) groups excluding carboxylic acids is 1. The molecule has 1 atom stereocenters. The molecule has 0 bridgehead atoms. The summed E-state index contributed by atoms with van der Waals surface area (Å²) < 4.78 is 23.7. The van der Waals surface area contributed by atoms with Crippen LogP contribution in [0.5, 0.6) is 5.75 Å². The van der Waals surface area contributed by atoms with Crippen molar-refractivity contribution in [2.75, 3.05) is 55.7 Å². The van der Waals surface area contributed by atoms with Crippen LogP contribution < -0.4 is 9.80 Å². The summed E-state index contributed by atoms with van der Waals surface area (Å²) in [5.74, 6) is 0.933. The van der Waals surface area contributed by atoms with Crippen LogP contribution in [0, 0.1) is 5.92 Å². The van der Waals surface area contributed by atoms with Crippen molar-refractivity contribution >= 4 is 21.4 Å². The van der Waals surface area contributed by atoms with Gasteiger partial charge in [-0.05, 0) is 24.5 Å². The van der Waals surface area contributed by atoms with Crippen molar-refractivity contribution < 1.29 is 23.2 Å². The summed E-state index contributed by atoms with van der Waals surface area (Å²) in [7, 11) is -3.02. The highest BCUT2D eigenvalue weighted by Crippen LogP contribution is 2.26. The lowest BCUT2D eigenvalue weighted by Crippen LogP contribution is -3.16. The van der Waals surface area contributed by atoms with E-state index in [0.29, 0.717) is 25.4 Å². The number of nitrogens with zero attached hydrogens (tertiary/aromatic N) is 2. The lowest BCUT2D eigenvalue weighted by Gasteiger charge is -2.35. The lowest BCUT2D eigenvalue weighted by molar-refractivity contribution is -0.892. The Labute approximate surface area is 167 Å². The molecule has 0 saturated carbocycles. The molecule has 2 aliphatic heterocycles. The van der Waals surface area contributed by atoms with Crippen LogP contribution in [-0.2, 0) is 14.6 Å². The van der Waals surface area contributed by atoms with Gasteiger partial charge >= 0.3 is 0 Å². The van der Waals surface area contributed by atoms with Crippen molar-refractivity contribution in [1.82, 2.24) is 4.90 Å². The number of anilines is 1. The van der Waals surface area contributed by atoms with Crippen LogP contribution in [0.25, 0.3) is 0 Å². The predicted octanol–water partition coefficient (Wildman–Crippen LogP) is -0.231. The van der Waals surface area contributed by atoms with E-state index in [1.54, 1.807) is 6.07 Å². The standard InChI is InChI=1S/C20H31N3O4S/c1-16(2)13-23(17-7-12-28(26,27)15-17)20(25)14-21-8-10-22(11-9-21)18-5-3-4-6-19(18)24/h3-6,16-17,24H,7-15H2,1-2H3/p+1/t17-/m0/s1. The van der Waals surface area contributed by atoms with E-state index in [0.717, 1.165) is 31.9 Å². The molecule has 0 unspecified atom stereocenters. The summed E-state index contributed by atoms with van der Waals surface area (Å²) in [6, 6.07) is 7.15. The Morgan fingerprint density at radius 2 is 1.96 bits per heavy atom. The Morgan fingerprint density at radius 3 is 2.54 bits per heavy atom. The van der Waals surface area contributed by atoms with Gasteiger partial charge in [-0.3, -0.25) is 4.79 Å². The third-order valence-corrected chi connectivity index (χ3v) is 7.38. The largest absolute Gasteiger partial charge is 0.506 e. The number of hydrogen-bond donors (Lipinski definition) is 2. The van der Waals surface area contributed by atoms with Gasteiger partial charge in [0.2, 0.25) is 0 Å². The second-order valence-corrected chi connectivity index (χ2v) is 10.6. The van der Waals surface area contributed by atoms with Crippen molar-refractivity contribution in [3.63, 3.8) is 0 Å². The van der Waals surface area contributed by atoms with Crippen LogP contribution in [0.4, 0.5) is 5.69 Å². The number of quaternary nitrogens is 1. The second kappa shape index (κ2) is 8.69. The fourth-order valence-corrected chi connectivity index (χ4v) is 5.89. The molecule has 1 amide bonds. The van der Waals surface area contributed by atoms with Crippen LogP contribution in [0.15, 0.2) is 24.3 Å². The van der Waals surface area contributed by atoms with Crippen LogP contribution in [0.3, 0.4) is 0 Å². The number of phenolic OH excluding ortho intramolecular Hbond substituents is 1. The van der Waals surface area contributed by atoms with E-state index in [1.807, 2.05) is 23.1 Å². The van der Waals surface area contributed by atoms with Gasteiger partial charge in [-0.2, -0.15) is 0 Å². The molecule has 28 heavy (non-hydrogen) atoms. The third kappa shape index (κ3) is 5.17. The topological polar surface area (TPSA) is 82.4 Å². The summed E-state index contributed by atoms with van der Waals surface area (Å²) in [4.78, 5) is 18.2. The summed E-state index contributed by atoms with van der Waals surface area (Å²) in [6.45, 7) is 8.32. The van der Waals surface area contributed by atoms with Crippen molar-refractivity contribution in [3.8, 4) is 5.75 Å². The molecule has 156 valence electrons. The maximum absolute atomic E-state index is 13.0. The molecule has 2 aliphatic rings. The number of carbonyl (C=O) groups is 1. The number of benzene rings is 1. The second-order valence-electron chi connectivity index (χ2n) is 8.40. The molecule has 1 aromatic carbocycles. The molecule has 1 aromatic rings. The maximum Gasteiger partial charge on any atom is 0.278 e. The smallest absolute Gasteiger partial charge is 0.278 e. The quantitative estimate of drug-likeness (QED) is 0.677. The summed E-state index contributed by atoms with van der Waals surface area (Å²) >= 11 is 0. The van der Waals surface area contributed by atoms with E-state index in [4.69, 9.17) is 0 Å². The van der Waals surface area contributed by atoms with Gasteiger partial charge in [0.1, 0.15) is 5.75 Å². The minimum atomic E-state index is -3.02. The minimum Gasteiger partial charge on any atom is -0.506 e. The van der Waals surface area contributed by atoms with Gasteiger partial charge in [-0.25, -0.2) is 8.42 Å². The highest BCUT2D eigenvalue weighted by molar-refractivity contribution is 7.91. The molecule has 2 N–H and O–H groups in total. The fraction of sp³-hybridized carbons (Fsp3) is 0.650. The zero-order chi connectivity index (χ0) is 20.3. The molecule has 0 radical (unpaired) electrons. The average molecular weight is 411 g/mol. The molecule has 0 aromatic heterocycles. The Bertz CT molecular complexity index is 788. The monoisotopic (exact) mass is 410 g/mol. The van der Waals surface area contributed by atoms with Crippen LogP contribution in [0.1, 0.15) is 20.3 Å². The van der Waals surface area contributed by atoms with Crippen LogP contribution in [-0.4, -0.2) is 81.1 Å². The van der Waals surface area contributed by atoms with Crippen molar-refractivity contribution in [3.05, 3.63) is 24.3 Å². The molecule has 2 fully saturated rings. The first-order chi connectivity index (χ1) is 13.2. The van der Waals surface area contributed by atoms with E-state index in [-0.39, 0.29) is 29.2 Å². The molecule has 2 heterocycles. The third-order valence-electron chi connectivity index (χ3n) is 5.63. The highest BCUT2D eigenvalue weighted by atomic mass is 32.2. The summed E-state index contributed by atoms with van der Waals surface area (Å²) in [5, 5.41) is 10.0. The molecule has 3 rings (SSSR count). The van der Waals surface area contributed by atoms with Crippen LogP contribution >= 0.6 is 0 Å². The lowest BCUT2D eigenvalue weighted by atomic mass is 10.1. The fourth-order valence-electron chi connectivity index (χ4n) is 4.16. The summed E-state index contributed by atoms with van der Waals surface area (Å²) in [6.07, 6.45) is 0.553. The highest BCUT2D eigenvalue weighted by Gasteiger charge is 2.36. The number of rotatable bonds is 6. The zero-order valence-electron chi connectivity index (χ0n) is 16.8. The number of amides is 1. The predicted molar refractivity (Wildman–Crippen MR) is 109 cm³/mol. The van der Waals surface area contributed by atoms with E-state index in [1.165, 1.54) is 4.90 Å². The van der Waals surface area contributed by atoms with E-state index in [2.05, 4.69) is 18.7 Å². The Hall–Kier alpha value is -1.80. The van der Waals surface area contributed by atoms with Crippen molar-refractivity contribution in [2.45, 2.75) is 26.3 Å². The van der Waals surface area contributed by atoms with E-state index < -0.39 is 9.84 Å². The normalized spacial score (nSPS) is 22.5. The van der Waals surface area contributed by atoms with Gasteiger partial charge in [-0.15, -0.1) is 0 Å². The molecule has 8 heteroatoms. The van der Waals surface area contributed by atoms with Gasteiger partial charge in [0.25, 0.3) is 5.91 Å². The van der Waals surface area contributed by atoms with Crippen LogP contribution in [0.2, 0.25) is 0 Å². The SMILES string of the molecule is CC(C)CN(C(=O)C[NH+]1CCN(c2ccccc2O)CC1)[C@H]1CCS(=O)(=O)C1. The number of nitrogens with one attached hydrogen (secondary N) is 1. The number of sulfone groups is 1.